The van der Waals surface area contributed by atoms with Crippen LogP contribution in [0, 0.1) is 0 Å². The largest absolute Gasteiger partial charge is 0.478 e. The van der Waals surface area contributed by atoms with Crippen LogP contribution >= 0.6 is 0 Å². The molecule has 1 aromatic carbocycles. The summed E-state index contributed by atoms with van der Waals surface area (Å²) in [5.74, 6) is -1.17. The average molecular weight is 219 g/mol. The molecule has 0 aliphatic heterocycles. The van der Waals surface area contributed by atoms with E-state index in [-0.39, 0.29) is 11.3 Å². The summed E-state index contributed by atoms with van der Waals surface area (Å²) < 4.78 is 4.56. The number of hydrogen-bond donors (Lipinski definition) is 2. The van der Waals surface area contributed by atoms with Crippen molar-refractivity contribution in [3.8, 4) is 0 Å². The SMILES string of the molecule is O=C(O)c1conc1C(O)c1ccccc1. The molecule has 0 fully saturated rings. The fraction of sp³-hybridized carbons (Fsp3) is 0.0909. The van der Waals surface area contributed by atoms with Crippen molar-refractivity contribution in [1.82, 2.24) is 5.16 Å². The van der Waals surface area contributed by atoms with Gasteiger partial charge in [0.15, 0.2) is 0 Å². The summed E-state index contributed by atoms with van der Waals surface area (Å²) in [5, 5.41) is 22.3. The zero-order chi connectivity index (χ0) is 11.5. The van der Waals surface area contributed by atoms with Crippen LogP contribution in [-0.4, -0.2) is 21.3 Å². The minimum Gasteiger partial charge on any atom is -0.478 e. The Morgan fingerprint density at radius 3 is 2.62 bits per heavy atom. The van der Waals surface area contributed by atoms with Crippen molar-refractivity contribution in [2.75, 3.05) is 0 Å². The van der Waals surface area contributed by atoms with Crippen LogP contribution in [0.4, 0.5) is 0 Å². The van der Waals surface area contributed by atoms with Crippen molar-refractivity contribution in [2.24, 2.45) is 0 Å². The highest BCUT2D eigenvalue weighted by molar-refractivity contribution is 5.88. The van der Waals surface area contributed by atoms with Crippen molar-refractivity contribution < 1.29 is 19.5 Å². The number of aromatic nitrogens is 1. The highest BCUT2D eigenvalue weighted by atomic mass is 16.5. The number of aliphatic hydroxyl groups is 1. The quantitative estimate of drug-likeness (QED) is 0.816. The maximum atomic E-state index is 10.8. The molecule has 5 heteroatoms. The summed E-state index contributed by atoms with van der Waals surface area (Å²) in [6.07, 6.45) is -0.0878. The number of carbonyl (C=O) groups is 1. The predicted octanol–water partition coefficient (Wildman–Crippen LogP) is 1.45. The van der Waals surface area contributed by atoms with Crippen LogP contribution in [0.1, 0.15) is 27.7 Å². The molecule has 1 unspecified atom stereocenters. The van der Waals surface area contributed by atoms with Gasteiger partial charge in [0.05, 0.1) is 0 Å². The number of carboxylic acids is 1. The third-order valence-electron chi connectivity index (χ3n) is 2.20. The third kappa shape index (κ3) is 1.80. The van der Waals surface area contributed by atoms with Gasteiger partial charge < -0.3 is 14.7 Å². The predicted molar refractivity (Wildman–Crippen MR) is 54.0 cm³/mol. The first-order valence-corrected chi connectivity index (χ1v) is 4.60. The Morgan fingerprint density at radius 1 is 1.31 bits per heavy atom. The molecule has 0 spiro atoms. The maximum Gasteiger partial charge on any atom is 0.341 e. The molecule has 1 aromatic heterocycles. The van der Waals surface area contributed by atoms with E-state index in [1.807, 2.05) is 0 Å². The molecule has 0 saturated heterocycles. The van der Waals surface area contributed by atoms with Crippen LogP contribution in [-0.2, 0) is 0 Å². The Bertz CT molecular complexity index is 492. The van der Waals surface area contributed by atoms with Gasteiger partial charge in [-0.2, -0.15) is 0 Å². The first kappa shape index (κ1) is 10.4. The topological polar surface area (TPSA) is 83.6 Å². The van der Waals surface area contributed by atoms with Crippen LogP contribution < -0.4 is 0 Å². The molecule has 0 aliphatic rings. The highest BCUT2D eigenvalue weighted by Crippen LogP contribution is 2.23. The summed E-state index contributed by atoms with van der Waals surface area (Å²) in [5.41, 5.74) is 0.453. The second-order valence-electron chi connectivity index (χ2n) is 3.23. The fourth-order valence-corrected chi connectivity index (χ4v) is 1.40. The first-order valence-electron chi connectivity index (χ1n) is 4.60. The molecule has 16 heavy (non-hydrogen) atoms. The second kappa shape index (κ2) is 4.16. The molecule has 0 amide bonds. The normalized spacial score (nSPS) is 12.3. The van der Waals surface area contributed by atoms with Gasteiger partial charge in [-0.15, -0.1) is 0 Å². The minimum absolute atomic E-state index is 0.0127. The van der Waals surface area contributed by atoms with Gasteiger partial charge in [-0.05, 0) is 5.56 Å². The molecule has 0 aliphatic carbocycles. The lowest BCUT2D eigenvalue weighted by Crippen LogP contribution is -2.06. The maximum absolute atomic E-state index is 10.8. The lowest BCUT2D eigenvalue weighted by atomic mass is 10.0. The van der Waals surface area contributed by atoms with Crippen molar-refractivity contribution >= 4 is 5.97 Å². The van der Waals surface area contributed by atoms with E-state index in [2.05, 4.69) is 9.68 Å². The summed E-state index contributed by atoms with van der Waals surface area (Å²) in [6.45, 7) is 0. The van der Waals surface area contributed by atoms with E-state index in [1.54, 1.807) is 30.3 Å². The van der Waals surface area contributed by atoms with E-state index in [9.17, 15) is 9.90 Å². The Hall–Kier alpha value is -2.14. The summed E-state index contributed by atoms with van der Waals surface area (Å²) in [6, 6.07) is 8.67. The van der Waals surface area contributed by atoms with Gasteiger partial charge in [0.1, 0.15) is 23.6 Å². The number of aromatic carboxylic acids is 1. The number of aliphatic hydroxyl groups excluding tert-OH is 1. The molecule has 0 saturated carbocycles. The molecule has 2 rings (SSSR count). The number of carboxylic acid groups (broad SMARTS) is 1. The van der Waals surface area contributed by atoms with Gasteiger partial charge in [-0.3, -0.25) is 0 Å². The molecule has 0 radical (unpaired) electrons. The summed E-state index contributed by atoms with van der Waals surface area (Å²) in [7, 11) is 0. The fourth-order valence-electron chi connectivity index (χ4n) is 1.40. The average Bonchev–Trinajstić information content (AvgIpc) is 2.78. The van der Waals surface area contributed by atoms with E-state index in [1.165, 1.54) is 0 Å². The van der Waals surface area contributed by atoms with Crippen LogP contribution in [0.5, 0.6) is 0 Å². The number of hydrogen-bond acceptors (Lipinski definition) is 4. The van der Waals surface area contributed by atoms with Crippen LogP contribution in [0.15, 0.2) is 41.1 Å². The molecular weight excluding hydrogens is 210 g/mol. The molecular formula is C11H9NO4. The minimum atomic E-state index is -1.17. The van der Waals surface area contributed by atoms with Crippen molar-refractivity contribution in [3.63, 3.8) is 0 Å². The summed E-state index contributed by atoms with van der Waals surface area (Å²) >= 11 is 0. The third-order valence-corrected chi connectivity index (χ3v) is 2.20. The van der Waals surface area contributed by atoms with Crippen LogP contribution in [0.2, 0.25) is 0 Å². The number of benzene rings is 1. The molecule has 0 bridgehead atoms. The van der Waals surface area contributed by atoms with Gasteiger partial charge in [-0.1, -0.05) is 35.5 Å². The molecule has 1 atom stereocenters. The van der Waals surface area contributed by atoms with Crippen molar-refractivity contribution in [2.45, 2.75) is 6.10 Å². The van der Waals surface area contributed by atoms with Gasteiger partial charge in [0.2, 0.25) is 0 Å². The number of rotatable bonds is 3. The van der Waals surface area contributed by atoms with Crippen LogP contribution in [0.25, 0.3) is 0 Å². The van der Waals surface area contributed by atoms with Crippen molar-refractivity contribution in [3.05, 3.63) is 53.4 Å². The molecule has 5 nitrogen and oxygen atoms in total. The van der Waals surface area contributed by atoms with Crippen LogP contribution in [0.3, 0.4) is 0 Å². The van der Waals surface area contributed by atoms with E-state index in [0.717, 1.165) is 6.26 Å². The summed E-state index contributed by atoms with van der Waals surface area (Å²) in [4.78, 5) is 10.8. The Balaban J connectivity index is 2.38. The Kier molecular flexibility index (Phi) is 2.70. The highest BCUT2D eigenvalue weighted by Gasteiger charge is 2.22. The Morgan fingerprint density at radius 2 is 2.00 bits per heavy atom. The van der Waals surface area contributed by atoms with E-state index in [0.29, 0.717) is 5.56 Å². The zero-order valence-corrected chi connectivity index (χ0v) is 8.20. The Labute approximate surface area is 90.9 Å². The first-order chi connectivity index (χ1) is 7.70. The van der Waals surface area contributed by atoms with Gasteiger partial charge in [-0.25, -0.2) is 4.79 Å². The van der Waals surface area contributed by atoms with Crippen molar-refractivity contribution in [1.29, 1.82) is 0 Å². The molecule has 82 valence electrons. The monoisotopic (exact) mass is 219 g/mol. The zero-order valence-electron chi connectivity index (χ0n) is 8.20. The van der Waals surface area contributed by atoms with E-state index < -0.39 is 12.1 Å². The van der Waals surface area contributed by atoms with E-state index >= 15 is 0 Å². The smallest absolute Gasteiger partial charge is 0.341 e. The van der Waals surface area contributed by atoms with Gasteiger partial charge in [0.25, 0.3) is 0 Å². The van der Waals surface area contributed by atoms with Gasteiger partial charge in [0, 0.05) is 0 Å². The number of nitrogens with zero attached hydrogens (tertiary/aromatic N) is 1. The van der Waals surface area contributed by atoms with Gasteiger partial charge >= 0.3 is 5.97 Å². The molecule has 2 N–H and O–H groups in total. The second-order valence-corrected chi connectivity index (χ2v) is 3.23. The lowest BCUT2D eigenvalue weighted by molar-refractivity contribution is 0.0691. The van der Waals surface area contributed by atoms with E-state index in [4.69, 9.17) is 5.11 Å². The molecule has 1 heterocycles. The lowest BCUT2D eigenvalue weighted by Gasteiger charge is -2.07. The standard InChI is InChI=1S/C11H9NO4/c13-10(7-4-2-1-3-5-7)9-8(11(14)15)6-16-12-9/h1-6,10,13H,(H,14,15). The molecule has 2 aromatic rings.